The van der Waals surface area contributed by atoms with Crippen molar-refractivity contribution >= 4 is 27.3 Å². The van der Waals surface area contributed by atoms with Crippen molar-refractivity contribution < 1.29 is 18.1 Å². The Bertz CT molecular complexity index is 1030. The van der Waals surface area contributed by atoms with Gasteiger partial charge >= 0.3 is 0 Å². The molecule has 31 heavy (non-hydrogen) atoms. The van der Waals surface area contributed by atoms with E-state index in [1.807, 2.05) is 0 Å². The molecule has 1 fully saturated rings. The van der Waals surface area contributed by atoms with Crippen LogP contribution in [-0.2, 0) is 16.6 Å². The van der Waals surface area contributed by atoms with E-state index >= 15 is 0 Å². The van der Waals surface area contributed by atoms with Crippen LogP contribution in [0, 0.1) is 16.0 Å². The van der Waals surface area contributed by atoms with Crippen LogP contribution >= 0.6 is 0 Å². The number of benzene rings is 2. The van der Waals surface area contributed by atoms with Crippen LogP contribution in [0.3, 0.4) is 0 Å². The van der Waals surface area contributed by atoms with E-state index in [4.69, 9.17) is 0 Å². The van der Waals surface area contributed by atoms with E-state index < -0.39 is 14.9 Å². The smallest absolute Gasteiger partial charge is 0.271 e. The summed E-state index contributed by atoms with van der Waals surface area (Å²) in [7, 11) is -3.67. The van der Waals surface area contributed by atoms with Gasteiger partial charge in [0.15, 0.2) is 0 Å². The highest BCUT2D eigenvalue weighted by Gasteiger charge is 2.20. The monoisotopic (exact) mass is 445 g/mol. The van der Waals surface area contributed by atoms with Crippen LogP contribution in [0.5, 0.6) is 0 Å². The molecule has 0 aliphatic heterocycles. The highest BCUT2D eigenvalue weighted by molar-refractivity contribution is 7.92. The molecule has 1 N–H and O–H groups in total. The van der Waals surface area contributed by atoms with Crippen LogP contribution in [0.1, 0.15) is 48.0 Å². The lowest BCUT2D eigenvalue weighted by molar-refractivity contribution is -0.384. The molecule has 0 saturated heterocycles. The minimum Gasteiger partial charge on any atom is -0.352 e. The van der Waals surface area contributed by atoms with Gasteiger partial charge in [-0.25, -0.2) is 8.42 Å². The third-order valence-electron chi connectivity index (χ3n) is 5.55. The van der Waals surface area contributed by atoms with Crippen LogP contribution in [0.4, 0.5) is 11.4 Å². The van der Waals surface area contributed by atoms with Crippen molar-refractivity contribution in [1.29, 1.82) is 0 Å². The molecule has 2 aromatic rings. The third kappa shape index (κ3) is 6.27. The molecule has 0 spiro atoms. The fourth-order valence-electron chi connectivity index (χ4n) is 3.82. The van der Waals surface area contributed by atoms with Crippen molar-refractivity contribution in [2.24, 2.45) is 5.92 Å². The molecular weight excluding hydrogens is 418 g/mol. The zero-order chi connectivity index (χ0) is 22.4. The normalized spacial score (nSPS) is 14.7. The van der Waals surface area contributed by atoms with Gasteiger partial charge in [0.2, 0.25) is 10.0 Å². The molecule has 1 saturated carbocycles. The third-order valence-corrected chi connectivity index (χ3v) is 6.69. The van der Waals surface area contributed by atoms with Crippen LogP contribution < -0.4 is 9.62 Å². The molecule has 166 valence electrons. The van der Waals surface area contributed by atoms with E-state index in [0.29, 0.717) is 23.6 Å². The van der Waals surface area contributed by atoms with E-state index in [9.17, 15) is 23.3 Å². The number of carbonyl (C=O) groups is 1. The maximum Gasteiger partial charge on any atom is 0.271 e. The predicted molar refractivity (Wildman–Crippen MR) is 119 cm³/mol. The van der Waals surface area contributed by atoms with Gasteiger partial charge in [-0.15, -0.1) is 0 Å². The minimum atomic E-state index is -3.67. The highest BCUT2D eigenvalue weighted by Crippen LogP contribution is 2.25. The first-order valence-corrected chi connectivity index (χ1v) is 12.2. The van der Waals surface area contributed by atoms with Crippen molar-refractivity contribution in [3.8, 4) is 0 Å². The van der Waals surface area contributed by atoms with Crippen LogP contribution in [0.2, 0.25) is 0 Å². The Kier molecular flexibility index (Phi) is 7.27. The number of non-ortho nitro benzene ring substituents is 1. The number of hydrogen-bond acceptors (Lipinski definition) is 5. The Balaban J connectivity index is 1.69. The first-order valence-electron chi connectivity index (χ1n) is 10.3. The average Bonchev–Trinajstić information content (AvgIpc) is 2.76. The molecule has 2 aromatic carbocycles. The molecule has 0 aromatic heterocycles. The maximum atomic E-state index is 12.4. The number of nitro groups is 1. The zero-order valence-electron chi connectivity index (χ0n) is 17.5. The second kappa shape index (κ2) is 9.91. The van der Waals surface area contributed by atoms with Gasteiger partial charge in [0, 0.05) is 24.2 Å². The van der Waals surface area contributed by atoms with Crippen molar-refractivity contribution in [3.63, 3.8) is 0 Å². The summed E-state index contributed by atoms with van der Waals surface area (Å²) in [5.74, 6) is 0.394. The first-order chi connectivity index (χ1) is 14.7. The number of sulfonamides is 1. The number of hydrogen-bond donors (Lipinski definition) is 1. The summed E-state index contributed by atoms with van der Waals surface area (Å²) in [6.07, 6.45) is 7.06. The molecule has 8 nitrogen and oxygen atoms in total. The minimum absolute atomic E-state index is 0.00394. The van der Waals surface area contributed by atoms with Crippen molar-refractivity contribution in [3.05, 3.63) is 69.8 Å². The number of carbonyl (C=O) groups excluding carboxylic acids is 1. The standard InChI is InChI=1S/C22H27N3O5S/c1-31(29,30)24(20-8-5-9-21(14-20)25(27)28)16-18-10-12-19(13-11-18)22(26)23-15-17-6-3-2-4-7-17/h5,8-14,17H,2-4,6-7,15-16H2,1H3,(H,23,26). The fraction of sp³-hybridized carbons (Fsp3) is 0.409. The van der Waals surface area contributed by atoms with E-state index in [1.54, 1.807) is 24.3 Å². The quantitative estimate of drug-likeness (QED) is 0.490. The topological polar surface area (TPSA) is 110 Å². The van der Waals surface area contributed by atoms with Crippen molar-refractivity contribution in [1.82, 2.24) is 5.32 Å². The molecule has 0 heterocycles. The maximum absolute atomic E-state index is 12.4. The van der Waals surface area contributed by atoms with Gasteiger partial charge in [0.05, 0.1) is 23.4 Å². The lowest BCUT2D eigenvalue weighted by Gasteiger charge is -2.23. The number of rotatable bonds is 8. The molecule has 1 amide bonds. The number of anilines is 1. The van der Waals surface area contributed by atoms with Gasteiger partial charge in [-0.3, -0.25) is 19.2 Å². The van der Waals surface area contributed by atoms with Gasteiger partial charge in [-0.2, -0.15) is 0 Å². The Morgan fingerprint density at radius 1 is 1.13 bits per heavy atom. The Labute approximate surface area is 182 Å². The summed E-state index contributed by atoms with van der Waals surface area (Å²) in [4.78, 5) is 22.9. The SMILES string of the molecule is CS(=O)(=O)N(Cc1ccc(C(=O)NCC2CCCCC2)cc1)c1cccc([N+](=O)[O-])c1. The van der Waals surface area contributed by atoms with Gasteiger partial charge in [-0.05, 0) is 42.5 Å². The molecule has 0 unspecified atom stereocenters. The van der Waals surface area contributed by atoms with E-state index in [0.717, 1.165) is 23.4 Å². The average molecular weight is 446 g/mol. The largest absolute Gasteiger partial charge is 0.352 e. The number of nitrogens with one attached hydrogen (secondary N) is 1. The zero-order valence-corrected chi connectivity index (χ0v) is 18.3. The summed E-state index contributed by atoms with van der Waals surface area (Å²) in [5.41, 5.74) is 1.21. The lowest BCUT2D eigenvalue weighted by Crippen LogP contribution is -2.30. The molecule has 0 atom stereocenters. The first kappa shape index (κ1) is 22.7. The van der Waals surface area contributed by atoms with Gasteiger partial charge in [0.25, 0.3) is 11.6 Å². The van der Waals surface area contributed by atoms with Crippen LogP contribution in [-0.4, -0.2) is 32.0 Å². The summed E-state index contributed by atoms with van der Waals surface area (Å²) < 4.78 is 25.7. The van der Waals surface area contributed by atoms with E-state index in [2.05, 4.69) is 5.32 Å². The predicted octanol–water partition coefficient (Wildman–Crippen LogP) is 3.87. The number of nitro benzene ring substituents is 1. The summed E-state index contributed by atoms with van der Waals surface area (Å²) >= 11 is 0. The second-order valence-electron chi connectivity index (χ2n) is 7.96. The molecule has 1 aliphatic carbocycles. The Morgan fingerprint density at radius 2 is 1.81 bits per heavy atom. The number of nitrogens with zero attached hydrogens (tertiary/aromatic N) is 2. The van der Waals surface area contributed by atoms with Crippen LogP contribution in [0.15, 0.2) is 48.5 Å². The molecule has 9 heteroatoms. The Morgan fingerprint density at radius 3 is 2.42 bits per heavy atom. The molecule has 3 rings (SSSR count). The van der Waals surface area contributed by atoms with Crippen LogP contribution in [0.25, 0.3) is 0 Å². The molecule has 0 bridgehead atoms. The molecule has 1 aliphatic rings. The summed E-state index contributed by atoms with van der Waals surface area (Å²) in [6, 6.07) is 12.2. The van der Waals surface area contributed by atoms with Gasteiger partial charge in [-0.1, -0.05) is 37.5 Å². The highest BCUT2D eigenvalue weighted by atomic mass is 32.2. The van der Waals surface area contributed by atoms with E-state index in [-0.39, 0.29) is 23.8 Å². The van der Waals surface area contributed by atoms with Gasteiger partial charge < -0.3 is 5.32 Å². The molecule has 0 radical (unpaired) electrons. The Hall–Kier alpha value is -2.94. The fourth-order valence-corrected chi connectivity index (χ4v) is 4.70. The van der Waals surface area contributed by atoms with Crippen molar-refractivity contribution in [2.45, 2.75) is 38.6 Å². The summed E-state index contributed by atoms with van der Waals surface area (Å²) in [5, 5.41) is 14.0. The van der Waals surface area contributed by atoms with Crippen molar-refractivity contribution in [2.75, 3.05) is 17.1 Å². The van der Waals surface area contributed by atoms with Gasteiger partial charge in [0.1, 0.15) is 0 Å². The number of amides is 1. The molecular formula is C22H27N3O5S. The van der Waals surface area contributed by atoms with E-state index in [1.165, 1.54) is 43.5 Å². The second-order valence-corrected chi connectivity index (χ2v) is 9.86. The lowest BCUT2D eigenvalue weighted by atomic mass is 9.89. The summed E-state index contributed by atoms with van der Waals surface area (Å²) in [6.45, 7) is 0.680.